The van der Waals surface area contributed by atoms with Gasteiger partial charge >= 0.3 is 0 Å². The molecule has 2 N–H and O–H groups in total. The molecule has 5 heteroatoms. The fourth-order valence-electron chi connectivity index (χ4n) is 3.10. The van der Waals surface area contributed by atoms with Crippen molar-refractivity contribution in [2.45, 2.75) is 32.2 Å². The molecule has 0 saturated carbocycles. The van der Waals surface area contributed by atoms with E-state index >= 15 is 0 Å². The molecule has 126 valence electrons. The number of aryl methyl sites for hydroxylation is 2. The molecule has 1 fully saturated rings. The lowest BCUT2D eigenvalue weighted by Crippen LogP contribution is -2.37. The van der Waals surface area contributed by atoms with Crippen LogP contribution in [0.4, 0.5) is 0 Å². The summed E-state index contributed by atoms with van der Waals surface area (Å²) in [5, 5.41) is 2.94. The third-order valence-electron chi connectivity index (χ3n) is 4.36. The maximum absolute atomic E-state index is 12.2. The van der Waals surface area contributed by atoms with Gasteiger partial charge in [-0.25, -0.2) is 0 Å². The highest BCUT2D eigenvalue weighted by Gasteiger charge is 2.30. The highest BCUT2D eigenvalue weighted by molar-refractivity contribution is 5.93. The van der Waals surface area contributed by atoms with Crippen LogP contribution in [0.15, 0.2) is 42.6 Å². The van der Waals surface area contributed by atoms with Gasteiger partial charge in [-0.3, -0.25) is 9.59 Å². The lowest BCUT2D eigenvalue weighted by atomic mass is 10.1. The molecule has 24 heavy (non-hydrogen) atoms. The molecule has 0 spiro atoms. The number of hydrogen-bond donors (Lipinski definition) is 2. The zero-order valence-corrected chi connectivity index (χ0v) is 13.9. The van der Waals surface area contributed by atoms with E-state index in [4.69, 9.17) is 0 Å². The van der Waals surface area contributed by atoms with E-state index in [0.29, 0.717) is 18.7 Å². The summed E-state index contributed by atoms with van der Waals surface area (Å²) in [5.74, 6) is -0.0249. The van der Waals surface area contributed by atoms with E-state index in [0.717, 1.165) is 24.9 Å². The van der Waals surface area contributed by atoms with E-state index in [9.17, 15) is 9.59 Å². The predicted octanol–water partition coefficient (Wildman–Crippen LogP) is 2.29. The van der Waals surface area contributed by atoms with Crippen molar-refractivity contribution in [2.24, 2.45) is 0 Å². The molecule has 0 bridgehead atoms. The predicted molar refractivity (Wildman–Crippen MR) is 92.7 cm³/mol. The lowest BCUT2D eigenvalue weighted by molar-refractivity contribution is -0.127. The third kappa shape index (κ3) is 4.04. The largest absolute Gasteiger partial charge is 0.357 e. The molecule has 3 rings (SSSR count). The fraction of sp³-hybridized carbons (Fsp3) is 0.368. The average Bonchev–Trinajstić information content (AvgIpc) is 3.15. The Hall–Kier alpha value is -2.56. The second kappa shape index (κ2) is 7.34. The van der Waals surface area contributed by atoms with Crippen molar-refractivity contribution in [3.05, 3.63) is 59.4 Å². The highest BCUT2D eigenvalue weighted by atomic mass is 16.2. The molecule has 1 atom stereocenters. The number of nitrogens with one attached hydrogen (secondary N) is 2. The molecule has 1 saturated heterocycles. The first-order valence-electron chi connectivity index (χ1n) is 8.39. The van der Waals surface area contributed by atoms with Gasteiger partial charge in [-0.1, -0.05) is 30.3 Å². The quantitative estimate of drug-likeness (QED) is 0.856. The maximum Gasteiger partial charge on any atom is 0.267 e. The Morgan fingerprint density at radius 2 is 2.12 bits per heavy atom. The number of likely N-dealkylation sites (tertiary alicyclic amines) is 1. The van der Waals surface area contributed by atoms with Crippen LogP contribution < -0.4 is 5.32 Å². The van der Waals surface area contributed by atoms with Crippen LogP contribution in [-0.4, -0.2) is 40.8 Å². The SMILES string of the molecule is Cc1c[nH]c(C(=O)N[C@@H]2CC(=O)N(CCCc3ccccc3)C2)c1. The topological polar surface area (TPSA) is 65.2 Å². The summed E-state index contributed by atoms with van der Waals surface area (Å²) in [6.07, 6.45) is 4.08. The van der Waals surface area contributed by atoms with Gasteiger partial charge in [0.2, 0.25) is 5.91 Å². The summed E-state index contributed by atoms with van der Waals surface area (Å²) in [7, 11) is 0. The second-order valence-corrected chi connectivity index (χ2v) is 6.39. The monoisotopic (exact) mass is 325 g/mol. The van der Waals surface area contributed by atoms with Crippen LogP contribution in [0.3, 0.4) is 0 Å². The van der Waals surface area contributed by atoms with Gasteiger partial charge in [-0.15, -0.1) is 0 Å². The van der Waals surface area contributed by atoms with Gasteiger partial charge in [0.25, 0.3) is 5.91 Å². The first kappa shape index (κ1) is 16.3. The molecule has 1 aliphatic rings. The molecule has 2 heterocycles. The summed E-state index contributed by atoms with van der Waals surface area (Å²) < 4.78 is 0. The van der Waals surface area contributed by atoms with Crippen molar-refractivity contribution in [3.8, 4) is 0 Å². The Balaban J connectivity index is 1.46. The zero-order chi connectivity index (χ0) is 16.9. The maximum atomic E-state index is 12.2. The van der Waals surface area contributed by atoms with Crippen LogP contribution in [0, 0.1) is 6.92 Å². The number of hydrogen-bond acceptors (Lipinski definition) is 2. The van der Waals surface area contributed by atoms with Crippen LogP contribution in [0.5, 0.6) is 0 Å². The number of aromatic amines is 1. The molecule has 1 aliphatic heterocycles. The van der Waals surface area contributed by atoms with Crippen molar-refractivity contribution in [1.29, 1.82) is 0 Å². The summed E-state index contributed by atoms with van der Waals surface area (Å²) >= 11 is 0. The van der Waals surface area contributed by atoms with Gasteiger partial charge in [0.1, 0.15) is 5.69 Å². The van der Waals surface area contributed by atoms with Crippen molar-refractivity contribution >= 4 is 11.8 Å². The molecule has 1 aromatic carbocycles. The summed E-state index contributed by atoms with van der Waals surface area (Å²) in [5.41, 5.74) is 2.85. The van der Waals surface area contributed by atoms with Crippen LogP contribution >= 0.6 is 0 Å². The second-order valence-electron chi connectivity index (χ2n) is 6.39. The summed E-state index contributed by atoms with van der Waals surface area (Å²) in [6, 6.07) is 12.0. The number of benzene rings is 1. The van der Waals surface area contributed by atoms with Gasteiger partial charge in [0.15, 0.2) is 0 Å². The number of nitrogens with zero attached hydrogens (tertiary/aromatic N) is 1. The van der Waals surface area contributed by atoms with E-state index in [1.807, 2.05) is 36.1 Å². The fourth-order valence-corrected chi connectivity index (χ4v) is 3.10. The molecule has 0 aliphatic carbocycles. The van der Waals surface area contributed by atoms with Crippen LogP contribution in [-0.2, 0) is 11.2 Å². The minimum atomic E-state index is -0.146. The van der Waals surface area contributed by atoms with Gasteiger partial charge < -0.3 is 15.2 Å². The number of rotatable bonds is 6. The minimum Gasteiger partial charge on any atom is -0.357 e. The third-order valence-corrected chi connectivity index (χ3v) is 4.36. The number of carbonyl (C=O) groups is 2. The molecular formula is C19H23N3O2. The molecule has 2 aromatic rings. The van der Waals surface area contributed by atoms with E-state index in [1.54, 1.807) is 6.20 Å². The Morgan fingerprint density at radius 3 is 2.83 bits per heavy atom. The van der Waals surface area contributed by atoms with Crippen LogP contribution in [0.2, 0.25) is 0 Å². The Kier molecular flexibility index (Phi) is 4.99. The molecule has 1 aromatic heterocycles. The molecule has 0 unspecified atom stereocenters. The minimum absolute atomic E-state index is 0.106. The van der Waals surface area contributed by atoms with Gasteiger partial charge in [0, 0.05) is 25.7 Å². The Bertz CT molecular complexity index is 708. The lowest BCUT2D eigenvalue weighted by Gasteiger charge is -2.17. The van der Waals surface area contributed by atoms with Crippen molar-refractivity contribution < 1.29 is 9.59 Å². The smallest absolute Gasteiger partial charge is 0.267 e. The number of aromatic nitrogens is 1. The molecule has 2 amide bonds. The van der Waals surface area contributed by atoms with Crippen molar-refractivity contribution in [3.63, 3.8) is 0 Å². The Morgan fingerprint density at radius 1 is 1.33 bits per heavy atom. The number of amides is 2. The normalized spacial score (nSPS) is 17.3. The average molecular weight is 325 g/mol. The highest BCUT2D eigenvalue weighted by Crippen LogP contribution is 2.14. The van der Waals surface area contributed by atoms with E-state index < -0.39 is 0 Å². The zero-order valence-electron chi connectivity index (χ0n) is 13.9. The molecule has 5 nitrogen and oxygen atoms in total. The van der Waals surface area contributed by atoms with Gasteiger partial charge in [0.05, 0.1) is 6.04 Å². The van der Waals surface area contributed by atoms with Crippen LogP contribution in [0.1, 0.15) is 34.5 Å². The van der Waals surface area contributed by atoms with Gasteiger partial charge in [-0.2, -0.15) is 0 Å². The van der Waals surface area contributed by atoms with Crippen LogP contribution in [0.25, 0.3) is 0 Å². The first-order valence-corrected chi connectivity index (χ1v) is 8.39. The number of H-pyrrole nitrogens is 1. The number of carbonyl (C=O) groups excluding carboxylic acids is 2. The summed E-state index contributed by atoms with van der Waals surface area (Å²) in [6.45, 7) is 3.27. The first-order chi connectivity index (χ1) is 11.6. The van der Waals surface area contributed by atoms with E-state index in [2.05, 4.69) is 22.4 Å². The molecule has 0 radical (unpaired) electrons. The molecular weight excluding hydrogens is 302 g/mol. The van der Waals surface area contributed by atoms with E-state index in [1.165, 1.54) is 5.56 Å². The summed E-state index contributed by atoms with van der Waals surface area (Å²) in [4.78, 5) is 29.1. The van der Waals surface area contributed by atoms with Crippen molar-refractivity contribution in [1.82, 2.24) is 15.2 Å². The Labute approximate surface area is 142 Å². The van der Waals surface area contributed by atoms with E-state index in [-0.39, 0.29) is 17.9 Å². The van der Waals surface area contributed by atoms with Gasteiger partial charge in [-0.05, 0) is 37.0 Å². The van der Waals surface area contributed by atoms with Crippen molar-refractivity contribution in [2.75, 3.05) is 13.1 Å². The standard InChI is InChI=1S/C19H23N3O2/c1-14-10-17(20-12-14)19(24)21-16-11-18(23)22(13-16)9-5-8-15-6-3-2-4-7-15/h2-4,6-7,10,12,16,20H,5,8-9,11,13H2,1H3,(H,21,24)/t16-/m1/s1.